The molecule has 1 aromatic carbocycles. The standard InChI is InChI=1S/C15H23NO3/c1-15(2)13(16-3)9-14(15)19-12-7-10(17-4)6-11(8-12)18-5/h6-8,13-14,16H,9H2,1-5H3. The van der Waals surface area contributed by atoms with Gasteiger partial charge in [-0.3, -0.25) is 0 Å². The zero-order valence-electron chi connectivity index (χ0n) is 12.3. The predicted molar refractivity (Wildman–Crippen MR) is 75.2 cm³/mol. The van der Waals surface area contributed by atoms with E-state index in [4.69, 9.17) is 14.2 Å². The molecule has 0 bridgehead atoms. The van der Waals surface area contributed by atoms with E-state index in [1.54, 1.807) is 14.2 Å². The van der Waals surface area contributed by atoms with Crippen LogP contribution in [0.3, 0.4) is 0 Å². The topological polar surface area (TPSA) is 39.7 Å². The van der Waals surface area contributed by atoms with Gasteiger partial charge in [0, 0.05) is 36.1 Å². The smallest absolute Gasteiger partial charge is 0.127 e. The normalized spacial score (nSPS) is 24.5. The molecular formula is C15H23NO3. The van der Waals surface area contributed by atoms with E-state index in [9.17, 15) is 0 Å². The summed E-state index contributed by atoms with van der Waals surface area (Å²) < 4.78 is 16.6. The highest BCUT2D eigenvalue weighted by molar-refractivity contribution is 5.42. The molecule has 0 radical (unpaired) electrons. The quantitative estimate of drug-likeness (QED) is 0.888. The maximum atomic E-state index is 6.08. The molecule has 2 atom stereocenters. The summed E-state index contributed by atoms with van der Waals surface area (Å²) in [7, 11) is 5.28. The van der Waals surface area contributed by atoms with E-state index in [1.165, 1.54) is 0 Å². The Labute approximate surface area is 115 Å². The van der Waals surface area contributed by atoms with Crippen LogP contribution in [-0.2, 0) is 0 Å². The van der Waals surface area contributed by atoms with Crippen molar-refractivity contribution in [2.45, 2.75) is 32.4 Å². The molecule has 19 heavy (non-hydrogen) atoms. The van der Waals surface area contributed by atoms with Gasteiger partial charge in [-0.05, 0) is 7.05 Å². The summed E-state index contributed by atoms with van der Waals surface area (Å²) in [4.78, 5) is 0. The van der Waals surface area contributed by atoms with Gasteiger partial charge in [-0.15, -0.1) is 0 Å². The van der Waals surface area contributed by atoms with Crippen molar-refractivity contribution in [3.05, 3.63) is 18.2 Å². The minimum atomic E-state index is 0.130. The van der Waals surface area contributed by atoms with E-state index in [2.05, 4.69) is 19.2 Å². The zero-order chi connectivity index (χ0) is 14.0. The van der Waals surface area contributed by atoms with Crippen LogP contribution in [0.1, 0.15) is 20.3 Å². The Morgan fingerprint density at radius 2 is 1.58 bits per heavy atom. The first-order valence-electron chi connectivity index (χ1n) is 6.58. The third kappa shape index (κ3) is 2.63. The minimum Gasteiger partial charge on any atom is -0.496 e. The van der Waals surface area contributed by atoms with Crippen LogP contribution in [0.25, 0.3) is 0 Å². The van der Waals surface area contributed by atoms with Gasteiger partial charge < -0.3 is 19.5 Å². The maximum Gasteiger partial charge on any atom is 0.127 e. The lowest BCUT2D eigenvalue weighted by molar-refractivity contribution is -0.0522. The second-order valence-electron chi connectivity index (χ2n) is 5.55. The lowest BCUT2D eigenvalue weighted by Crippen LogP contribution is -2.61. The van der Waals surface area contributed by atoms with Crippen LogP contribution in [-0.4, -0.2) is 33.4 Å². The fourth-order valence-electron chi connectivity index (χ4n) is 2.59. The molecule has 0 heterocycles. The second kappa shape index (κ2) is 5.29. The van der Waals surface area contributed by atoms with Gasteiger partial charge in [0.05, 0.1) is 14.2 Å². The number of hydrogen-bond donors (Lipinski definition) is 1. The van der Waals surface area contributed by atoms with Gasteiger partial charge in [0.2, 0.25) is 0 Å². The van der Waals surface area contributed by atoms with Gasteiger partial charge in [-0.25, -0.2) is 0 Å². The molecule has 2 rings (SSSR count). The number of benzene rings is 1. The molecule has 0 aromatic heterocycles. The van der Waals surface area contributed by atoms with E-state index in [1.807, 2.05) is 25.2 Å². The van der Waals surface area contributed by atoms with Crippen molar-refractivity contribution in [3.63, 3.8) is 0 Å². The summed E-state index contributed by atoms with van der Waals surface area (Å²) in [5.74, 6) is 2.29. The predicted octanol–water partition coefficient (Wildman–Crippen LogP) is 2.47. The van der Waals surface area contributed by atoms with Crippen LogP contribution < -0.4 is 19.5 Å². The number of methoxy groups -OCH3 is 2. The van der Waals surface area contributed by atoms with Crippen molar-refractivity contribution < 1.29 is 14.2 Å². The van der Waals surface area contributed by atoms with Gasteiger partial charge in [0.1, 0.15) is 23.4 Å². The third-order valence-electron chi connectivity index (χ3n) is 4.13. The molecule has 1 saturated carbocycles. The van der Waals surface area contributed by atoms with Crippen LogP contribution in [0, 0.1) is 5.41 Å². The van der Waals surface area contributed by atoms with E-state index >= 15 is 0 Å². The third-order valence-corrected chi connectivity index (χ3v) is 4.13. The molecule has 1 fully saturated rings. The molecule has 0 saturated heterocycles. The summed E-state index contributed by atoms with van der Waals surface area (Å²) in [5, 5.41) is 3.32. The Balaban J connectivity index is 2.12. The highest BCUT2D eigenvalue weighted by Gasteiger charge is 2.49. The Morgan fingerprint density at radius 1 is 1.05 bits per heavy atom. The highest BCUT2D eigenvalue weighted by Crippen LogP contribution is 2.43. The van der Waals surface area contributed by atoms with E-state index < -0.39 is 0 Å². The molecular weight excluding hydrogens is 242 g/mol. The fourth-order valence-corrected chi connectivity index (χ4v) is 2.59. The largest absolute Gasteiger partial charge is 0.496 e. The lowest BCUT2D eigenvalue weighted by Gasteiger charge is -2.51. The molecule has 0 amide bonds. The molecule has 0 aliphatic heterocycles. The minimum absolute atomic E-state index is 0.130. The SMILES string of the molecule is CNC1CC(Oc2cc(OC)cc(OC)c2)C1(C)C. The Kier molecular flexibility index (Phi) is 3.90. The van der Waals surface area contributed by atoms with Crippen molar-refractivity contribution in [2.24, 2.45) is 5.41 Å². The molecule has 1 N–H and O–H groups in total. The summed E-state index contributed by atoms with van der Waals surface area (Å²) in [6.07, 6.45) is 1.23. The van der Waals surface area contributed by atoms with E-state index in [0.717, 1.165) is 23.7 Å². The van der Waals surface area contributed by atoms with Gasteiger partial charge in [-0.1, -0.05) is 13.8 Å². The maximum absolute atomic E-state index is 6.08. The Hall–Kier alpha value is -1.42. The highest BCUT2D eigenvalue weighted by atomic mass is 16.5. The van der Waals surface area contributed by atoms with Crippen molar-refractivity contribution >= 4 is 0 Å². The van der Waals surface area contributed by atoms with Crippen molar-refractivity contribution in [1.82, 2.24) is 5.32 Å². The van der Waals surface area contributed by atoms with Gasteiger partial charge in [-0.2, -0.15) is 0 Å². The summed E-state index contributed by atoms with van der Waals surface area (Å²) in [6.45, 7) is 4.44. The number of hydrogen-bond acceptors (Lipinski definition) is 4. The average Bonchev–Trinajstić information content (AvgIpc) is 2.42. The summed E-state index contributed by atoms with van der Waals surface area (Å²) in [5.41, 5.74) is 0.130. The van der Waals surface area contributed by atoms with Gasteiger partial charge in [0.25, 0.3) is 0 Å². The first kappa shape index (κ1) is 14.0. The second-order valence-corrected chi connectivity index (χ2v) is 5.55. The number of ether oxygens (including phenoxy) is 3. The molecule has 1 aliphatic carbocycles. The first-order chi connectivity index (χ1) is 9.01. The average molecular weight is 265 g/mol. The Morgan fingerprint density at radius 3 is 2.00 bits per heavy atom. The fraction of sp³-hybridized carbons (Fsp3) is 0.600. The monoisotopic (exact) mass is 265 g/mol. The number of rotatable bonds is 5. The van der Waals surface area contributed by atoms with Crippen LogP contribution in [0.2, 0.25) is 0 Å². The van der Waals surface area contributed by atoms with Crippen molar-refractivity contribution in [1.29, 1.82) is 0 Å². The lowest BCUT2D eigenvalue weighted by atomic mass is 9.64. The molecule has 4 heteroatoms. The van der Waals surface area contributed by atoms with Crippen LogP contribution in [0.4, 0.5) is 0 Å². The van der Waals surface area contributed by atoms with Crippen LogP contribution in [0.5, 0.6) is 17.2 Å². The number of nitrogens with one attached hydrogen (secondary N) is 1. The molecule has 2 unspecified atom stereocenters. The van der Waals surface area contributed by atoms with E-state index in [-0.39, 0.29) is 11.5 Å². The molecule has 106 valence electrons. The molecule has 0 spiro atoms. The van der Waals surface area contributed by atoms with Gasteiger partial charge in [0.15, 0.2) is 0 Å². The Bertz CT molecular complexity index is 423. The van der Waals surface area contributed by atoms with E-state index in [0.29, 0.717) is 6.04 Å². The van der Waals surface area contributed by atoms with Crippen LogP contribution in [0.15, 0.2) is 18.2 Å². The van der Waals surface area contributed by atoms with Crippen LogP contribution >= 0.6 is 0 Å². The summed E-state index contributed by atoms with van der Waals surface area (Å²) >= 11 is 0. The first-order valence-corrected chi connectivity index (χ1v) is 6.58. The van der Waals surface area contributed by atoms with Crippen molar-refractivity contribution in [3.8, 4) is 17.2 Å². The summed E-state index contributed by atoms with van der Waals surface area (Å²) in [6, 6.07) is 6.14. The van der Waals surface area contributed by atoms with Gasteiger partial charge >= 0.3 is 0 Å². The molecule has 1 aromatic rings. The zero-order valence-corrected chi connectivity index (χ0v) is 12.3. The van der Waals surface area contributed by atoms with Crippen molar-refractivity contribution in [2.75, 3.05) is 21.3 Å². The molecule has 4 nitrogen and oxygen atoms in total. The molecule has 1 aliphatic rings.